The number of carbonyl (C=O) groups is 2. The zero-order chi connectivity index (χ0) is 21.5. The van der Waals surface area contributed by atoms with Gasteiger partial charge in [0.25, 0.3) is 11.8 Å². The Balaban J connectivity index is 1.59. The number of rotatable bonds is 7. The van der Waals surface area contributed by atoms with Crippen LogP contribution >= 0.6 is 11.6 Å². The molecule has 3 rings (SSSR count). The molecule has 0 unspecified atom stereocenters. The number of nitrogens with one attached hydrogen (secondary N) is 2. The monoisotopic (exact) mass is 427 g/mol. The quantitative estimate of drug-likeness (QED) is 0.683. The van der Waals surface area contributed by atoms with Gasteiger partial charge in [0, 0.05) is 31.4 Å². The molecule has 1 atom stereocenters. The Hall–Kier alpha value is -2.53. The molecule has 0 aliphatic carbocycles. The Morgan fingerprint density at radius 2 is 1.67 bits per heavy atom. The van der Waals surface area contributed by atoms with Gasteiger partial charge < -0.3 is 15.5 Å². The van der Waals surface area contributed by atoms with Crippen LogP contribution in [-0.2, 0) is 0 Å². The first-order valence-corrected chi connectivity index (χ1v) is 11.0. The second-order valence-electron chi connectivity index (χ2n) is 7.96. The van der Waals surface area contributed by atoms with Gasteiger partial charge in [0.05, 0.1) is 16.1 Å². The SMILES string of the molecule is CC[C@H](C)CNC(=O)c1ccccc1N1CCC(NC(=O)c2ccccc2Cl)CC1. The van der Waals surface area contributed by atoms with E-state index in [1.165, 1.54) is 0 Å². The zero-order valence-corrected chi connectivity index (χ0v) is 18.4. The molecule has 2 amide bonds. The summed E-state index contributed by atoms with van der Waals surface area (Å²) in [7, 11) is 0. The van der Waals surface area contributed by atoms with E-state index in [9.17, 15) is 9.59 Å². The highest BCUT2D eigenvalue weighted by Crippen LogP contribution is 2.25. The van der Waals surface area contributed by atoms with E-state index in [1.54, 1.807) is 12.1 Å². The average Bonchev–Trinajstić information content (AvgIpc) is 2.78. The fourth-order valence-corrected chi connectivity index (χ4v) is 3.84. The van der Waals surface area contributed by atoms with Gasteiger partial charge in [-0.05, 0) is 43.0 Å². The molecule has 0 spiro atoms. The summed E-state index contributed by atoms with van der Waals surface area (Å²) < 4.78 is 0. The summed E-state index contributed by atoms with van der Waals surface area (Å²) in [5.74, 6) is 0.294. The number of hydrogen-bond donors (Lipinski definition) is 2. The number of para-hydroxylation sites is 1. The molecule has 2 aromatic rings. The minimum absolute atomic E-state index is 0.0277. The van der Waals surface area contributed by atoms with Crippen molar-refractivity contribution >= 4 is 29.1 Å². The molecule has 0 aromatic heterocycles. The van der Waals surface area contributed by atoms with Crippen molar-refractivity contribution in [2.75, 3.05) is 24.5 Å². The molecule has 2 N–H and O–H groups in total. The molecular weight excluding hydrogens is 398 g/mol. The van der Waals surface area contributed by atoms with Gasteiger partial charge in [0.1, 0.15) is 0 Å². The van der Waals surface area contributed by atoms with Crippen LogP contribution in [0.2, 0.25) is 5.02 Å². The van der Waals surface area contributed by atoms with Gasteiger partial charge in [0.15, 0.2) is 0 Å². The Labute approximate surface area is 183 Å². The van der Waals surface area contributed by atoms with E-state index < -0.39 is 0 Å². The number of carbonyl (C=O) groups excluding carboxylic acids is 2. The van der Waals surface area contributed by atoms with Gasteiger partial charge in [-0.15, -0.1) is 0 Å². The van der Waals surface area contributed by atoms with E-state index in [-0.39, 0.29) is 17.9 Å². The minimum Gasteiger partial charge on any atom is -0.371 e. The molecule has 1 aliphatic heterocycles. The second kappa shape index (κ2) is 10.5. The van der Waals surface area contributed by atoms with E-state index in [4.69, 9.17) is 11.6 Å². The Morgan fingerprint density at radius 3 is 2.33 bits per heavy atom. The normalized spacial score (nSPS) is 15.5. The molecule has 0 saturated carbocycles. The third-order valence-corrected chi connectivity index (χ3v) is 6.08. The molecule has 0 bridgehead atoms. The molecule has 1 aliphatic rings. The van der Waals surface area contributed by atoms with Crippen molar-refractivity contribution in [2.45, 2.75) is 39.2 Å². The zero-order valence-electron chi connectivity index (χ0n) is 17.7. The fourth-order valence-electron chi connectivity index (χ4n) is 3.62. The van der Waals surface area contributed by atoms with Crippen molar-refractivity contribution in [1.82, 2.24) is 10.6 Å². The highest BCUT2D eigenvalue weighted by molar-refractivity contribution is 6.33. The van der Waals surface area contributed by atoms with Gasteiger partial charge in [-0.2, -0.15) is 0 Å². The Kier molecular flexibility index (Phi) is 7.75. The van der Waals surface area contributed by atoms with Crippen LogP contribution in [0.25, 0.3) is 0 Å². The van der Waals surface area contributed by atoms with E-state index in [0.29, 0.717) is 28.6 Å². The maximum absolute atomic E-state index is 12.7. The lowest BCUT2D eigenvalue weighted by atomic mass is 10.0. The Bertz CT molecular complexity index is 878. The van der Waals surface area contributed by atoms with Gasteiger partial charge in [0.2, 0.25) is 0 Å². The highest BCUT2D eigenvalue weighted by Gasteiger charge is 2.24. The summed E-state index contributed by atoms with van der Waals surface area (Å²) in [6.45, 7) is 6.50. The van der Waals surface area contributed by atoms with E-state index in [0.717, 1.165) is 38.0 Å². The maximum atomic E-state index is 12.7. The lowest BCUT2D eigenvalue weighted by molar-refractivity contribution is 0.0929. The Morgan fingerprint density at radius 1 is 1.03 bits per heavy atom. The van der Waals surface area contributed by atoms with Crippen molar-refractivity contribution in [1.29, 1.82) is 0 Å². The first kappa shape index (κ1) is 22.2. The first-order chi connectivity index (χ1) is 14.5. The van der Waals surface area contributed by atoms with Crippen LogP contribution in [0.5, 0.6) is 0 Å². The van der Waals surface area contributed by atoms with E-state index in [2.05, 4.69) is 29.4 Å². The summed E-state index contributed by atoms with van der Waals surface area (Å²) in [6, 6.07) is 14.9. The fraction of sp³-hybridized carbons (Fsp3) is 0.417. The summed E-state index contributed by atoms with van der Waals surface area (Å²) >= 11 is 6.13. The molecule has 160 valence electrons. The van der Waals surface area contributed by atoms with E-state index in [1.807, 2.05) is 36.4 Å². The van der Waals surface area contributed by atoms with Crippen LogP contribution in [0.3, 0.4) is 0 Å². The summed E-state index contributed by atoms with van der Waals surface area (Å²) in [4.78, 5) is 27.5. The third kappa shape index (κ3) is 5.54. The lowest BCUT2D eigenvalue weighted by Gasteiger charge is -2.35. The lowest BCUT2D eigenvalue weighted by Crippen LogP contribution is -2.45. The van der Waals surface area contributed by atoms with Gasteiger partial charge >= 0.3 is 0 Å². The molecule has 1 heterocycles. The summed E-state index contributed by atoms with van der Waals surface area (Å²) in [5, 5.41) is 6.61. The number of hydrogen-bond acceptors (Lipinski definition) is 3. The number of piperidine rings is 1. The van der Waals surface area contributed by atoms with Gasteiger partial charge in [-0.1, -0.05) is 56.1 Å². The smallest absolute Gasteiger partial charge is 0.253 e. The molecule has 5 nitrogen and oxygen atoms in total. The van der Waals surface area contributed by atoms with Crippen LogP contribution in [0, 0.1) is 5.92 Å². The van der Waals surface area contributed by atoms with Crippen LogP contribution < -0.4 is 15.5 Å². The largest absolute Gasteiger partial charge is 0.371 e. The molecule has 6 heteroatoms. The van der Waals surface area contributed by atoms with Crippen molar-refractivity contribution in [3.05, 3.63) is 64.7 Å². The number of amides is 2. The maximum Gasteiger partial charge on any atom is 0.253 e. The van der Waals surface area contributed by atoms with Crippen LogP contribution in [-0.4, -0.2) is 37.5 Å². The van der Waals surface area contributed by atoms with Crippen LogP contribution in [0.1, 0.15) is 53.8 Å². The predicted molar refractivity (Wildman–Crippen MR) is 122 cm³/mol. The minimum atomic E-state index is -0.135. The topological polar surface area (TPSA) is 61.4 Å². The number of halogens is 1. The third-order valence-electron chi connectivity index (χ3n) is 5.75. The highest BCUT2D eigenvalue weighted by atomic mass is 35.5. The van der Waals surface area contributed by atoms with Gasteiger partial charge in [-0.25, -0.2) is 0 Å². The molecule has 2 aromatic carbocycles. The van der Waals surface area contributed by atoms with Crippen molar-refractivity contribution in [3.8, 4) is 0 Å². The second-order valence-corrected chi connectivity index (χ2v) is 8.36. The number of nitrogens with zero attached hydrogens (tertiary/aromatic N) is 1. The summed E-state index contributed by atoms with van der Waals surface area (Å²) in [6.07, 6.45) is 2.67. The van der Waals surface area contributed by atoms with Crippen LogP contribution in [0.4, 0.5) is 5.69 Å². The number of benzene rings is 2. The number of anilines is 1. The van der Waals surface area contributed by atoms with E-state index >= 15 is 0 Å². The molecule has 1 saturated heterocycles. The summed E-state index contributed by atoms with van der Waals surface area (Å²) in [5.41, 5.74) is 2.17. The van der Waals surface area contributed by atoms with Gasteiger partial charge in [-0.3, -0.25) is 9.59 Å². The van der Waals surface area contributed by atoms with Crippen molar-refractivity contribution in [3.63, 3.8) is 0 Å². The molecular formula is C24H30ClN3O2. The molecule has 1 fully saturated rings. The predicted octanol–water partition coefficient (Wildman–Crippen LogP) is 4.51. The van der Waals surface area contributed by atoms with Crippen molar-refractivity contribution < 1.29 is 9.59 Å². The molecule has 30 heavy (non-hydrogen) atoms. The van der Waals surface area contributed by atoms with Crippen molar-refractivity contribution in [2.24, 2.45) is 5.92 Å². The molecule has 0 radical (unpaired) electrons. The standard InChI is InChI=1S/C24H30ClN3O2/c1-3-17(2)16-26-23(29)20-9-5-7-11-22(20)28-14-12-18(13-15-28)27-24(30)19-8-4-6-10-21(19)25/h4-11,17-18H,3,12-16H2,1-2H3,(H,26,29)(H,27,30)/t17-/m0/s1. The first-order valence-electron chi connectivity index (χ1n) is 10.7. The average molecular weight is 428 g/mol. The van der Waals surface area contributed by atoms with Crippen LogP contribution in [0.15, 0.2) is 48.5 Å².